The average molecular weight is 126 g/mol. The van der Waals surface area contributed by atoms with Gasteiger partial charge in [-0.3, -0.25) is 4.70 Å². The Morgan fingerprint density at radius 3 is 1.43 bits per heavy atom. The highest BCUT2D eigenvalue weighted by Crippen LogP contribution is 1.77. The van der Waals surface area contributed by atoms with Crippen LogP contribution in [0.5, 0.6) is 0 Å². The van der Waals surface area contributed by atoms with E-state index in [0.29, 0.717) is 0 Å². The molecule has 0 spiro atoms. The number of halogens is 1. The van der Waals surface area contributed by atoms with Crippen molar-refractivity contribution in [1.82, 2.24) is 0 Å². The lowest BCUT2D eigenvalue weighted by molar-refractivity contribution is 0.285. The Morgan fingerprint density at radius 2 is 1.43 bits per heavy atom. The molecule has 0 atom stereocenters. The van der Waals surface area contributed by atoms with Gasteiger partial charge in [0.05, 0.1) is 0 Å². The van der Waals surface area contributed by atoms with E-state index in [1.807, 2.05) is 6.55 Å². The molecule has 0 aromatic carbocycles. The van der Waals surface area contributed by atoms with Crippen molar-refractivity contribution in [2.45, 2.75) is 6.55 Å². The van der Waals surface area contributed by atoms with Crippen LogP contribution in [0.15, 0.2) is 0 Å². The Labute approximate surface area is 44.6 Å². The van der Waals surface area contributed by atoms with Crippen LogP contribution >= 0.6 is 0 Å². The molecule has 0 amide bonds. The Kier molecular flexibility index (Phi) is 8.78. The fraction of sp³-hybridized carbons (Fsp3) is 1.00. The van der Waals surface area contributed by atoms with Gasteiger partial charge < -0.3 is 8.85 Å². The van der Waals surface area contributed by atoms with Gasteiger partial charge >= 0.3 is 9.28 Å². The number of hydrogen-bond acceptors (Lipinski definition) is 2. The molecule has 0 aliphatic carbocycles. The zero-order chi connectivity index (χ0) is 4.99. The lowest BCUT2D eigenvalue weighted by atomic mass is 11.8. The van der Waals surface area contributed by atoms with Crippen molar-refractivity contribution < 1.29 is 13.6 Å². The van der Waals surface area contributed by atoms with Crippen molar-refractivity contribution in [3.8, 4) is 0 Å². The fourth-order valence-corrected chi connectivity index (χ4v) is 0.289. The molecule has 2 nitrogen and oxygen atoms in total. The maximum Gasteiger partial charge on any atom is 0.317 e. The lowest BCUT2D eigenvalue weighted by Crippen LogP contribution is -2.12. The minimum absolute atomic E-state index is 0. The van der Waals surface area contributed by atoms with E-state index in [1.54, 1.807) is 14.2 Å². The Morgan fingerprint density at radius 1 is 1.14 bits per heavy atom. The summed E-state index contributed by atoms with van der Waals surface area (Å²) < 4.78 is 9.63. The van der Waals surface area contributed by atoms with E-state index in [2.05, 4.69) is 0 Å². The molecule has 0 unspecified atom stereocenters. The van der Waals surface area contributed by atoms with Gasteiger partial charge in [-0.25, -0.2) is 0 Å². The third-order valence-corrected chi connectivity index (χ3v) is 1.99. The van der Waals surface area contributed by atoms with Crippen LogP contribution in [0.3, 0.4) is 0 Å². The van der Waals surface area contributed by atoms with Crippen LogP contribution in [0.1, 0.15) is 0 Å². The first kappa shape index (κ1) is 10.1. The Bertz CT molecular complexity index is 32.1. The Hall–Kier alpha value is 0.0669. The molecule has 0 aliphatic heterocycles. The second-order valence-electron chi connectivity index (χ2n) is 1.04. The maximum atomic E-state index is 4.82. The highest BCUT2D eigenvalue weighted by molar-refractivity contribution is 6.42. The molecule has 4 heteroatoms. The van der Waals surface area contributed by atoms with Crippen LogP contribution in [0.2, 0.25) is 6.55 Å². The van der Waals surface area contributed by atoms with Gasteiger partial charge in [0.1, 0.15) is 0 Å². The van der Waals surface area contributed by atoms with Crippen molar-refractivity contribution in [3.05, 3.63) is 0 Å². The van der Waals surface area contributed by atoms with Crippen LogP contribution in [0.25, 0.3) is 0 Å². The van der Waals surface area contributed by atoms with Crippen LogP contribution < -0.4 is 0 Å². The molecule has 0 bridgehead atoms. The first-order valence-corrected chi connectivity index (χ1v) is 3.96. The predicted octanol–water partition coefficient (Wildman–Crippen LogP) is 0.282. The molecule has 0 N–H and O–H groups in total. The zero-order valence-electron chi connectivity index (χ0n) is 4.80. The highest BCUT2D eigenvalue weighted by Gasteiger charge is 1.94. The van der Waals surface area contributed by atoms with E-state index < -0.39 is 9.28 Å². The summed E-state index contributed by atoms with van der Waals surface area (Å²) in [5, 5.41) is 0. The van der Waals surface area contributed by atoms with Gasteiger partial charge in [-0.2, -0.15) is 0 Å². The molecule has 7 heavy (non-hydrogen) atoms. The summed E-state index contributed by atoms with van der Waals surface area (Å²) in [5.41, 5.74) is 0. The standard InChI is InChI=1S/C3H10O2Si.FH/c1-4-6(3)5-2;/h6H,1-3H3;1H. The molecular weight excluding hydrogens is 115 g/mol. The van der Waals surface area contributed by atoms with Crippen molar-refractivity contribution in [2.75, 3.05) is 14.2 Å². The van der Waals surface area contributed by atoms with Crippen LogP contribution in [-0.4, -0.2) is 23.5 Å². The van der Waals surface area contributed by atoms with Gasteiger partial charge in [0.25, 0.3) is 0 Å². The molecule has 0 radical (unpaired) electrons. The minimum atomic E-state index is -1.16. The van der Waals surface area contributed by atoms with Gasteiger partial charge in [-0.15, -0.1) is 0 Å². The quantitative estimate of drug-likeness (QED) is 0.495. The Balaban J connectivity index is 0. The smallest absolute Gasteiger partial charge is 0.317 e. The lowest BCUT2D eigenvalue weighted by Gasteiger charge is -2.00. The third-order valence-electron chi connectivity index (χ3n) is 0.664. The summed E-state index contributed by atoms with van der Waals surface area (Å²) in [4.78, 5) is 0. The minimum Gasteiger partial charge on any atom is -0.400 e. The monoisotopic (exact) mass is 126 g/mol. The van der Waals surface area contributed by atoms with Crippen molar-refractivity contribution in [2.24, 2.45) is 0 Å². The SMILES string of the molecule is CO[SiH](C)OC.F. The van der Waals surface area contributed by atoms with Crippen LogP contribution in [0.4, 0.5) is 4.70 Å². The van der Waals surface area contributed by atoms with Gasteiger partial charge in [-0.1, -0.05) is 0 Å². The largest absolute Gasteiger partial charge is 0.400 e. The van der Waals surface area contributed by atoms with E-state index in [1.165, 1.54) is 0 Å². The van der Waals surface area contributed by atoms with Crippen molar-refractivity contribution in [3.63, 3.8) is 0 Å². The fourth-order valence-electron chi connectivity index (χ4n) is 0.0962. The molecule has 0 aromatic heterocycles. The summed E-state index contributed by atoms with van der Waals surface area (Å²) in [6, 6.07) is 0. The molecule has 46 valence electrons. The van der Waals surface area contributed by atoms with Crippen LogP contribution in [0, 0.1) is 0 Å². The summed E-state index contributed by atoms with van der Waals surface area (Å²) in [5.74, 6) is 0. The summed E-state index contributed by atoms with van der Waals surface area (Å²) >= 11 is 0. The molecule has 0 saturated carbocycles. The van der Waals surface area contributed by atoms with Gasteiger partial charge in [-0.05, 0) is 6.55 Å². The average Bonchev–Trinajstić information content (AvgIpc) is 1.65. The molecule has 0 heterocycles. The van der Waals surface area contributed by atoms with Crippen LogP contribution in [-0.2, 0) is 8.85 Å². The van der Waals surface area contributed by atoms with E-state index in [9.17, 15) is 0 Å². The van der Waals surface area contributed by atoms with Crippen molar-refractivity contribution >= 4 is 9.28 Å². The second kappa shape index (κ2) is 6.07. The molecule has 0 fully saturated rings. The third kappa shape index (κ3) is 6.07. The first-order valence-electron chi connectivity index (χ1n) is 1.87. The highest BCUT2D eigenvalue weighted by atomic mass is 28.3. The molecule has 0 saturated heterocycles. The molecule has 0 aromatic rings. The van der Waals surface area contributed by atoms with E-state index in [4.69, 9.17) is 8.85 Å². The number of rotatable bonds is 2. The van der Waals surface area contributed by atoms with Gasteiger partial charge in [0, 0.05) is 14.2 Å². The van der Waals surface area contributed by atoms with Gasteiger partial charge in [0.2, 0.25) is 0 Å². The van der Waals surface area contributed by atoms with Crippen molar-refractivity contribution in [1.29, 1.82) is 0 Å². The van der Waals surface area contributed by atoms with Gasteiger partial charge in [0.15, 0.2) is 0 Å². The normalized spacial score (nSPS) is 8.57. The molecule has 0 rings (SSSR count). The van der Waals surface area contributed by atoms with E-state index in [0.717, 1.165) is 0 Å². The number of hydrogen-bond donors (Lipinski definition) is 0. The van der Waals surface area contributed by atoms with E-state index >= 15 is 0 Å². The molecular formula is C3H11FO2Si. The molecule has 0 aliphatic rings. The summed E-state index contributed by atoms with van der Waals surface area (Å²) in [7, 11) is 2.17. The first-order chi connectivity index (χ1) is 2.81. The van der Waals surface area contributed by atoms with E-state index in [-0.39, 0.29) is 4.70 Å². The summed E-state index contributed by atoms with van der Waals surface area (Å²) in [6.07, 6.45) is 0. The summed E-state index contributed by atoms with van der Waals surface area (Å²) in [6.45, 7) is 1.97. The zero-order valence-corrected chi connectivity index (χ0v) is 5.96. The predicted molar refractivity (Wildman–Crippen MR) is 29.5 cm³/mol. The topological polar surface area (TPSA) is 18.5 Å². The maximum absolute atomic E-state index is 4.82. The second-order valence-corrected chi connectivity index (χ2v) is 3.12.